The molecule has 0 aliphatic rings. The van der Waals surface area contributed by atoms with E-state index in [-0.39, 0.29) is 18.9 Å². The molecule has 1 N–H and O–H groups in total. The maximum Gasteiger partial charge on any atom is 0.232 e. The lowest BCUT2D eigenvalue weighted by Gasteiger charge is -2.22. The minimum atomic E-state index is -3.54. The summed E-state index contributed by atoms with van der Waals surface area (Å²) in [5, 5.41) is 2.78. The third kappa shape index (κ3) is 5.96. The first-order valence-electron chi connectivity index (χ1n) is 8.38. The van der Waals surface area contributed by atoms with Gasteiger partial charge >= 0.3 is 0 Å². The fourth-order valence-electron chi connectivity index (χ4n) is 2.61. The smallest absolute Gasteiger partial charge is 0.232 e. The second-order valence-electron chi connectivity index (χ2n) is 6.17. The molecule has 8 heteroatoms. The molecule has 0 aliphatic carbocycles. The van der Waals surface area contributed by atoms with Gasteiger partial charge in [-0.25, -0.2) is 12.8 Å². The van der Waals surface area contributed by atoms with Crippen LogP contribution in [0.1, 0.15) is 18.4 Å². The first-order chi connectivity index (χ1) is 12.7. The van der Waals surface area contributed by atoms with Gasteiger partial charge in [0.2, 0.25) is 15.9 Å². The van der Waals surface area contributed by atoms with Crippen LogP contribution in [0.25, 0.3) is 0 Å². The Kier molecular flexibility index (Phi) is 6.79. The Morgan fingerprint density at radius 3 is 2.44 bits per heavy atom. The monoisotopic (exact) mass is 394 g/mol. The van der Waals surface area contributed by atoms with Crippen LogP contribution in [0.2, 0.25) is 0 Å². The second kappa shape index (κ2) is 8.85. The van der Waals surface area contributed by atoms with E-state index in [4.69, 9.17) is 4.74 Å². The van der Waals surface area contributed by atoms with Gasteiger partial charge in [0.05, 0.1) is 24.7 Å². The molecule has 0 unspecified atom stereocenters. The highest BCUT2D eigenvalue weighted by molar-refractivity contribution is 7.92. The number of carbonyl (C=O) groups is 1. The summed E-state index contributed by atoms with van der Waals surface area (Å²) >= 11 is 0. The maximum absolute atomic E-state index is 13.1. The molecule has 0 aromatic heterocycles. The predicted molar refractivity (Wildman–Crippen MR) is 104 cm³/mol. The van der Waals surface area contributed by atoms with Gasteiger partial charge in [0.1, 0.15) is 11.6 Å². The van der Waals surface area contributed by atoms with Crippen molar-refractivity contribution < 1.29 is 22.3 Å². The first-order valence-corrected chi connectivity index (χ1v) is 10.2. The van der Waals surface area contributed by atoms with Crippen LogP contribution in [-0.4, -0.2) is 34.2 Å². The minimum Gasteiger partial charge on any atom is -0.495 e. The third-order valence-corrected chi connectivity index (χ3v) is 5.10. The Morgan fingerprint density at radius 1 is 1.19 bits per heavy atom. The van der Waals surface area contributed by atoms with Crippen molar-refractivity contribution in [2.75, 3.05) is 29.5 Å². The zero-order valence-corrected chi connectivity index (χ0v) is 16.3. The Balaban J connectivity index is 1.99. The van der Waals surface area contributed by atoms with Crippen LogP contribution >= 0.6 is 0 Å². The van der Waals surface area contributed by atoms with Gasteiger partial charge in [-0.15, -0.1) is 0 Å². The van der Waals surface area contributed by atoms with Crippen molar-refractivity contribution in [3.05, 3.63) is 53.8 Å². The Morgan fingerprint density at radius 2 is 1.85 bits per heavy atom. The largest absolute Gasteiger partial charge is 0.495 e. The van der Waals surface area contributed by atoms with E-state index in [0.717, 1.165) is 16.1 Å². The molecule has 0 atom stereocenters. The summed E-state index contributed by atoms with van der Waals surface area (Å²) in [4.78, 5) is 12.2. The lowest BCUT2D eigenvalue weighted by Crippen LogP contribution is -2.31. The lowest BCUT2D eigenvalue weighted by atomic mass is 10.2. The lowest BCUT2D eigenvalue weighted by molar-refractivity contribution is -0.116. The third-order valence-electron chi connectivity index (χ3n) is 3.91. The molecule has 2 rings (SSSR count). The number of benzene rings is 2. The summed E-state index contributed by atoms with van der Waals surface area (Å²) in [6, 6.07) is 10.6. The van der Waals surface area contributed by atoms with Gasteiger partial charge in [-0.2, -0.15) is 0 Å². The number of nitrogens with one attached hydrogen (secondary N) is 1. The highest BCUT2D eigenvalue weighted by Crippen LogP contribution is 2.25. The Bertz CT molecular complexity index is 898. The van der Waals surface area contributed by atoms with Crippen LogP contribution in [0.15, 0.2) is 42.5 Å². The zero-order valence-electron chi connectivity index (χ0n) is 15.5. The van der Waals surface area contributed by atoms with E-state index < -0.39 is 15.8 Å². The molecular formula is C19H23FN2O4S. The number of hydrogen-bond acceptors (Lipinski definition) is 4. The average molecular weight is 394 g/mol. The average Bonchev–Trinajstić information content (AvgIpc) is 2.59. The number of ether oxygens (including phenoxy) is 1. The molecule has 6 nitrogen and oxygen atoms in total. The fraction of sp³-hybridized carbons (Fsp3) is 0.316. The van der Waals surface area contributed by atoms with Crippen LogP contribution < -0.4 is 14.4 Å². The van der Waals surface area contributed by atoms with Gasteiger partial charge in [0.25, 0.3) is 0 Å². The number of hydrogen-bond donors (Lipinski definition) is 1. The van der Waals surface area contributed by atoms with Gasteiger partial charge in [0.15, 0.2) is 0 Å². The molecule has 0 fully saturated rings. The normalized spacial score (nSPS) is 11.1. The molecule has 2 aromatic rings. The number of sulfonamides is 1. The van der Waals surface area contributed by atoms with Crippen molar-refractivity contribution >= 4 is 27.3 Å². The van der Waals surface area contributed by atoms with E-state index in [1.165, 1.54) is 31.4 Å². The molecular weight excluding hydrogens is 371 g/mol. The number of rotatable bonds is 8. The minimum absolute atomic E-state index is 0.114. The van der Waals surface area contributed by atoms with E-state index in [1.54, 1.807) is 12.1 Å². The molecule has 0 spiro atoms. The number of halogens is 1. The maximum atomic E-state index is 13.1. The molecule has 0 aliphatic heterocycles. The molecule has 0 saturated carbocycles. The van der Waals surface area contributed by atoms with Gasteiger partial charge in [-0.3, -0.25) is 9.10 Å². The van der Waals surface area contributed by atoms with Crippen LogP contribution in [0, 0.1) is 12.7 Å². The SMILES string of the molecule is COc1ccc(C)cc1NC(=O)CCCN(c1ccc(F)cc1)S(C)(=O)=O. The molecule has 1 amide bonds. The zero-order chi connectivity index (χ0) is 20.0. The van der Waals surface area contributed by atoms with Gasteiger partial charge in [-0.05, 0) is 55.3 Å². The number of nitrogens with zero attached hydrogens (tertiary/aromatic N) is 1. The summed E-state index contributed by atoms with van der Waals surface area (Å²) in [6.07, 6.45) is 1.52. The molecule has 146 valence electrons. The van der Waals surface area contributed by atoms with Gasteiger partial charge in [0, 0.05) is 13.0 Å². The van der Waals surface area contributed by atoms with Crippen molar-refractivity contribution in [3.63, 3.8) is 0 Å². The number of methoxy groups -OCH3 is 1. The van der Waals surface area contributed by atoms with Crippen LogP contribution in [0.4, 0.5) is 15.8 Å². The molecule has 0 heterocycles. The standard InChI is InChI=1S/C19H23FN2O4S/c1-14-6-11-18(26-2)17(13-14)21-19(23)5-4-12-22(27(3,24)25)16-9-7-15(20)8-10-16/h6-11,13H,4-5,12H2,1-3H3,(H,21,23). The van der Waals surface area contributed by atoms with Gasteiger partial charge in [-0.1, -0.05) is 6.07 Å². The van der Waals surface area contributed by atoms with Crippen LogP contribution in [0.3, 0.4) is 0 Å². The van der Waals surface area contributed by atoms with Crippen molar-refractivity contribution in [3.8, 4) is 5.75 Å². The van der Waals surface area contributed by atoms with Crippen molar-refractivity contribution in [1.29, 1.82) is 0 Å². The quantitative estimate of drug-likeness (QED) is 0.745. The van der Waals surface area contributed by atoms with Crippen molar-refractivity contribution in [1.82, 2.24) is 0 Å². The van der Waals surface area contributed by atoms with E-state index >= 15 is 0 Å². The Labute approximate surface area is 159 Å². The van der Waals surface area contributed by atoms with Crippen molar-refractivity contribution in [2.24, 2.45) is 0 Å². The number of amides is 1. The first kappa shape index (κ1) is 20.7. The molecule has 27 heavy (non-hydrogen) atoms. The number of carbonyl (C=O) groups excluding carboxylic acids is 1. The van der Waals surface area contributed by atoms with Crippen molar-refractivity contribution in [2.45, 2.75) is 19.8 Å². The van der Waals surface area contributed by atoms with E-state index in [0.29, 0.717) is 23.5 Å². The highest BCUT2D eigenvalue weighted by Gasteiger charge is 2.18. The van der Waals surface area contributed by atoms with E-state index in [2.05, 4.69) is 5.32 Å². The Hall–Kier alpha value is -2.61. The van der Waals surface area contributed by atoms with E-state index in [9.17, 15) is 17.6 Å². The summed E-state index contributed by atoms with van der Waals surface area (Å²) in [7, 11) is -2.02. The highest BCUT2D eigenvalue weighted by atomic mass is 32.2. The predicted octanol–water partition coefficient (Wildman–Crippen LogP) is 3.33. The van der Waals surface area contributed by atoms with Gasteiger partial charge < -0.3 is 10.1 Å². The van der Waals surface area contributed by atoms with Crippen LogP contribution in [0.5, 0.6) is 5.75 Å². The molecule has 0 saturated heterocycles. The summed E-state index contributed by atoms with van der Waals surface area (Å²) in [5.41, 5.74) is 1.91. The number of aryl methyl sites for hydroxylation is 1. The summed E-state index contributed by atoms with van der Waals surface area (Å²) in [5.74, 6) is -0.136. The molecule has 2 aromatic carbocycles. The van der Waals surface area contributed by atoms with Crippen LogP contribution in [-0.2, 0) is 14.8 Å². The number of anilines is 2. The molecule has 0 radical (unpaired) electrons. The van der Waals surface area contributed by atoms with E-state index in [1.807, 2.05) is 13.0 Å². The summed E-state index contributed by atoms with van der Waals surface area (Å²) in [6.45, 7) is 2.02. The fourth-order valence-corrected chi connectivity index (χ4v) is 3.57. The topological polar surface area (TPSA) is 75.7 Å². The molecule has 0 bridgehead atoms. The summed E-state index contributed by atoms with van der Waals surface area (Å²) < 4.78 is 43.5. The second-order valence-corrected chi connectivity index (χ2v) is 8.07.